The lowest BCUT2D eigenvalue weighted by Gasteiger charge is -2.12. The molecule has 100 valence electrons. The molecule has 0 aliphatic heterocycles. The first-order valence-corrected chi connectivity index (χ1v) is 6.20. The van der Waals surface area contributed by atoms with Crippen LogP contribution in [0.1, 0.15) is 0 Å². The Morgan fingerprint density at radius 1 is 0.800 bits per heavy atom. The Balaban J connectivity index is 2.30. The molecule has 0 fully saturated rings. The SMILES string of the molecule is Nc1ccc(-c2cc3ccccc3c(N)c2N)cc1F. The summed E-state index contributed by atoms with van der Waals surface area (Å²) in [4.78, 5) is 0. The molecule has 3 rings (SSSR count). The zero-order chi connectivity index (χ0) is 14.3. The van der Waals surface area contributed by atoms with Crippen LogP contribution in [0.4, 0.5) is 21.5 Å². The van der Waals surface area contributed by atoms with E-state index >= 15 is 0 Å². The Kier molecular flexibility index (Phi) is 2.71. The van der Waals surface area contributed by atoms with Gasteiger partial charge in [0, 0.05) is 10.9 Å². The summed E-state index contributed by atoms with van der Waals surface area (Å²) in [6.07, 6.45) is 0. The van der Waals surface area contributed by atoms with Gasteiger partial charge in [0.2, 0.25) is 0 Å². The molecule has 0 unspecified atom stereocenters. The highest BCUT2D eigenvalue weighted by Gasteiger charge is 2.11. The van der Waals surface area contributed by atoms with Crippen LogP contribution in [0.2, 0.25) is 0 Å². The number of nitrogen functional groups attached to an aromatic ring is 3. The largest absolute Gasteiger partial charge is 0.397 e. The van der Waals surface area contributed by atoms with Gasteiger partial charge in [-0.25, -0.2) is 4.39 Å². The fourth-order valence-electron chi connectivity index (χ4n) is 2.33. The van der Waals surface area contributed by atoms with Crippen molar-refractivity contribution in [1.82, 2.24) is 0 Å². The number of anilines is 3. The number of rotatable bonds is 1. The van der Waals surface area contributed by atoms with E-state index in [4.69, 9.17) is 17.2 Å². The van der Waals surface area contributed by atoms with Crippen LogP contribution < -0.4 is 17.2 Å². The second-order valence-corrected chi connectivity index (χ2v) is 4.71. The predicted octanol–water partition coefficient (Wildman–Crippen LogP) is 3.39. The monoisotopic (exact) mass is 267 g/mol. The van der Waals surface area contributed by atoms with Crippen molar-refractivity contribution in [3.05, 3.63) is 54.3 Å². The van der Waals surface area contributed by atoms with E-state index in [0.29, 0.717) is 22.5 Å². The molecule has 0 bridgehead atoms. The average Bonchev–Trinajstić information content (AvgIpc) is 2.46. The third kappa shape index (κ3) is 1.82. The van der Waals surface area contributed by atoms with E-state index in [-0.39, 0.29) is 5.69 Å². The molecule has 0 spiro atoms. The van der Waals surface area contributed by atoms with Crippen molar-refractivity contribution in [3.8, 4) is 11.1 Å². The molecule has 0 heterocycles. The number of hydrogen-bond acceptors (Lipinski definition) is 3. The molecular formula is C16H14FN3. The van der Waals surface area contributed by atoms with Crippen LogP contribution >= 0.6 is 0 Å². The van der Waals surface area contributed by atoms with E-state index in [1.807, 2.05) is 30.3 Å². The molecule has 6 N–H and O–H groups in total. The lowest BCUT2D eigenvalue weighted by Crippen LogP contribution is -1.99. The van der Waals surface area contributed by atoms with E-state index in [9.17, 15) is 4.39 Å². The lowest BCUT2D eigenvalue weighted by molar-refractivity contribution is 0.633. The van der Waals surface area contributed by atoms with Gasteiger partial charge in [0.25, 0.3) is 0 Å². The maximum atomic E-state index is 13.6. The van der Waals surface area contributed by atoms with Gasteiger partial charge in [-0.3, -0.25) is 0 Å². The van der Waals surface area contributed by atoms with Crippen molar-refractivity contribution in [3.63, 3.8) is 0 Å². The number of fused-ring (bicyclic) bond motifs is 1. The Morgan fingerprint density at radius 2 is 1.55 bits per heavy atom. The van der Waals surface area contributed by atoms with Crippen molar-refractivity contribution in [2.45, 2.75) is 0 Å². The standard InChI is InChI=1S/C16H14FN3/c17-13-8-10(5-6-14(13)18)12-7-9-3-1-2-4-11(9)15(19)16(12)20/h1-8H,18-20H2. The summed E-state index contributed by atoms with van der Waals surface area (Å²) >= 11 is 0. The Labute approximate surface area is 115 Å². The van der Waals surface area contributed by atoms with Crippen LogP contribution in [-0.2, 0) is 0 Å². The van der Waals surface area contributed by atoms with Crippen molar-refractivity contribution < 1.29 is 4.39 Å². The molecule has 0 atom stereocenters. The average molecular weight is 267 g/mol. The molecule has 0 aliphatic carbocycles. The maximum Gasteiger partial charge on any atom is 0.146 e. The smallest absolute Gasteiger partial charge is 0.146 e. The van der Waals surface area contributed by atoms with Crippen LogP contribution in [0, 0.1) is 5.82 Å². The van der Waals surface area contributed by atoms with E-state index in [0.717, 1.165) is 10.8 Å². The van der Waals surface area contributed by atoms with E-state index in [1.165, 1.54) is 12.1 Å². The highest BCUT2D eigenvalue weighted by molar-refractivity contribution is 6.04. The second kappa shape index (κ2) is 4.42. The summed E-state index contributed by atoms with van der Waals surface area (Å²) < 4.78 is 13.6. The van der Waals surface area contributed by atoms with Gasteiger partial charge in [0.1, 0.15) is 5.82 Å². The normalized spacial score (nSPS) is 10.8. The van der Waals surface area contributed by atoms with Crippen LogP contribution in [0.25, 0.3) is 21.9 Å². The topological polar surface area (TPSA) is 78.1 Å². The first-order valence-electron chi connectivity index (χ1n) is 6.20. The van der Waals surface area contributed by atoms with Gasteiger partial charge < -0.3 is 17.2 Å². The summed E-state index contributed by atoms with van der Waals surface area (Å²) in [5, 5.41) is 1.86. The molecule has 0 radical (unpaired) electrons. The third-order valence-electron chi connectivity index (χ3n) is 3.44. The molecule has 4 heteroatoms. The fourth-order valence-corrected chi connectivity index (χ4v) is 2.33. The first kappa shape index (κ1) is 12.3. The molecule has 0 aliphatic rings. The number of hydrogen-bond donors (Lipinski definition) is 3. The van der Waals surface area contributed by atoms with E-state index < -0.39 is 5.82 Å². The van der Waals surface area contributed by atoms with Crippen molar-refractivity contribution >= 4 is 27.8 Å². The highest BCUT2D eigenvalue weighted by atomic mass is 19.1. The van der Waals surface area contributed by atoms with Gasteiger partial charge >= 0.3 is 0 Å². The zero-order valence-electron chi connectivity index (χ0n) is 10.7. The van der Waals surface area contributed by atoms with E-state index in [1.54, 1.807) is 6.07 Å². The summed E-state index contributed by atoms with van der Waals surface area (Å²) in [6.45, 7) is 0. The van der Waals surface area contributed by atoms with Gasteiger partial charge in [-0.2, -0.15) is 0 Å². The minimum atomic E-state index is -0.464. The molecule has 3 aromatic rings. The molecule has 0 aromatic heterocycles. The maximum absolute atomic E-state index is 13.6. The summed E-state index contributed by atoms with van der Waals surface area (Å²) in [5.41, 5.74) is 20.1. The summed E-state index contributed by atoms with van der Waals surface area (Å²) in [6, 6.07) is 14.2. The van der Waals surface area contributed by atoms with Gasteiger partial charge in [0.05, 0.1) is 17.1 Å². The minimum absolute atomic E-state index is 0.112. The van der Waals surface area contributed by atoms with Crippen LogP contribution in [-0.4, -0.2) is 0 Å². The van der Waals surface area contributed by atoms with Crippen molar-refractivity contribution in [2.75, 3.05) is 17.2 Å². The van der Waals surface area contributed by atoms with Gasteiger partial charge in [-0.15, -0.1) is 0 Å². The van der Waals surface area contributed by atoms with Crippen LogP contribution in [0.3, 0.4) is 0 Å². The Hall–Kier alpha value is -2.75. The fraction of sp³-hybridized carbons (Fsp3) is 0. The van der Waals surface area contributed by atoms with Crippen LogP contribution in [0.5, 0.6) is 0 Å². The molecule has 0 saturated heterocycles. The minimum Gasteiger partial charge on any atom is -0.397 e. The quantitative estimate of drug-likeness (QED) is 0.591. The summed E-state index contributed by atoms with van der Waals surface area (Å²) in [7, 11) is 0. The molecular weight excluding hydrogens is 253 g/mol. The molecule has 0 saturated carbocycles. The lowest BCUT2D eigenvalue weighted by atomic mass is 9.97. The van der Waals surface area contributed by atoms with Gasteiger partial charge in [0.15, 0.2) is 0 Å². The first-order chi connectivity index (χ1) is 9.58. The van der Waals surface area contributed by atoms with Crippen molar-refractivity contribution in [2.24, 2.45) is 0 Å². The molecule has 20 heavy (non-hydrogen) atoms. The second-order valence-electron chi connectivity index (χ2n) is 4.71. The highest BCUT2D eigenvalue weighted by Crippen LogP contribution is 2.37. The molecule has 0 amide bonds. The number of benzene rings is 3. The predicted molar refractivity (Wildman–Crippen MR) is 82.6 cm³/mol. The zero-order valence-corrected chi connectivity index (χ0v) is 10.7. The van der Waals surface area contributed by atoms with Gasteiger partial charge in [-0.1, -0.05) is 30.3 Å². The summed E-state index contributed by atoms with van der Waals surface area (Å²) in [5.74, 6) is -0.464. The molecule has 3 nitrogen and oxygen atoms in total. The number of nitrogens with two attached hydrogens (primary N) is 3. The van der Waals surface area contributed by atoms with Gasteiger partial charge in [-0.05, 0) is 29.1 Å². The Morgan fingerprint density at radius 3 is 2.30 bits per heavy atom. The Bertz CT molecular complexity index is 812. The van der Waals surface area contributed by atoms with Crippen molar-refractivity contribution in [1.29, 1.82) is 0 Å². The third-order valence-corrected chi connectivity index (χ3v) is 3.44. The molecule has 3 aromatic carbocycles. The van der Waals surface area contributed by atoms with Crippen LogP contribution in [0.15, 0.2) is 48.5 Å². The van der Waals surface area contributed by atoms with E-state index in [2.05, 4.69) is 0 Å². The number of halogens is 1.